The van der Waals surface area contributed by atoms with Crippen LogP contribution in [0, 0.1) is 17.8 Å². The predicted molar refractivity (Wildman–Crippen MR) is 115 cm³/mol. The number of aliphatic hydroxyl groups is 2. The fourth-order valence-corrected chi connectivity index (χ4v) is 4.03. The van der Waals surface area contributed by atoms with E-state index in [9.17, 15) is 19.8 Å². The lowest BCUT2D eigenvalue weighted by molar-refractivity contribution is -0.211. The maximum atomic E-state index is 12.3. The van der Waals surface area contributed by atoms with E-state index in [1.165, 1.54) is 19.3 Å². The van der Waals surface area contributed by atoms with Gasteiger partial charge in [-0.05, 0) is 50.9 Å². The van der Waals surface area contributed by atoms with E-state index in [4.69, 9.17) is 0 Å². The average molecular weight is 409 g/mol. The van der Waals surface area contributed by atoms with Crippen LogP contribution in [0.4, 0.5) is 0 Å². The van der Waals surface area contributed by atoms with Gasteiger partial charge in [0.25, 0.3) is 5.79 Å². The first-order chi connectivity index (χ1) is 13.9. The van der Waals surface area contributed by atoms with E-state index in [1.54, 1.807) is 6.92 Å². The number of hydrogen-bond acceptors (Lipinski definition) is 5. The van der Waals surface area contributed by atoms with Crippen molar-refractivity contribution >= 4 is 11.8 Å². The molecule has 0 bridgehead atoms. The summed E-state index contributed by atoms with van der Waals surface area (Å²) in [6.45, 7) is 7.87. The second-order valence-corrected chi connectivity index (χ2v) is 8.21. The SMILES string of the molecule is C=C[C@@H](CC=C[C@H]1CCC(=O)[C@@H]1CCCCCC(O)(O)C(=O)OCC)CCCC. The van der Waals surface area contributed by atoms with Crippen molar-refractivity contribution in [3.63, 3.8) is 0 Å². The average Bonchev–Trinajstić information content (AvgIpc) is 3.04. The van der Waals surface area contributed by atoms with E-state index in [0.717, 1.165) is 32.1 Å². The van der Waals surface area contributed by atoms with Crippen molar-refractivity contribution in [3.8, 4) is 0 Å². The normalized spacial score (nSPS) is 20.9. The smallest absolute Gasteiger partial charge is 0.366 e. The van der Waals surface area contributed by atoms with Crippen LogP contribution < -0.4 is 0 Å². The van der Waals surface area contributed by atoms with Crippen molar-refractivity contribution in [1.29, 1.82) is 0 Å². The summed E-state index contributed by atoms with van der Waals surface area (Å²) in [7, 11) is 0. The van der Waals surface area contributed by atoms with Crippen LogP contribution in [-0.4, -0.2) is 34.4 Å². The number of ether oxygens (including phenoxy) is 1. The predicted octanol–water partition coefficient (Wildman–Crippen LogP) is 4.71. The van der Waals surface area contributed by atoms with Gasteiger partial charge in [-0.1, -0.05) is 50.8 Å². The first-order valence-electron chi connectivity index (χ1n) is 11.3. The molecule has 0 heterocycles. The summed E-state index contributed by atoms with van der Waals surface area (Å²) in [5.41, 5.74) is 0. The van der Waals surface area contributed by atoms with E-state index in [0.29, 0.717) is 30.5 Å². The molecule has 0 spiro atoms. The monoisotopic (exact) mass is 408 g/mol. The highest BCUT2D eigenvalue weighted by Gasteiger charge is 2.35. The fourth-order valence-electron chi connectivity index (χ4n) is 4.03. The van der Waals surface area contributed by atoms with Crippen molar-refractivity contribution < 1.29 is 24.5 Å². The van der Waals surface area contributed by atoms with Crippen molar-refractivity contribution in [2.24, 2.45) is 17.8 Å². The Labute approximate surface area is 176 Å². The molecule has 5 nitrogen and oxygen atoms in total. The molecule has 29 heavy (non-hydrogen) atoms. The minimum Gasteiger partial charge on any atom is -0.462 e. The molecule has 166 valence electrons. The molecule has 0 aromatic carbocycles. The molecule has 0 aromatic heterocycles. The van der Waals surface area contributed by atoms with Gasteiger partial charge in [0, 0.05) is 18.8 Å². The molecule has 0 aliphatic heterocycles. The second-order valence-electron chi connectivity index (χ2n) is 8.21. The summed E-state index contributed by atoms with van der Waals surface area (Å²) in [4.78, 5) is 23.7. The summed E-state index contributed by atoms with van der Waals surface area (Å²) in [5.74, 6) is -2.16. The van der Waals surface area contributed by atoms with Gasteiger partial charge < -0.3 is 14.9 Å². The van der Waals surface area contributed by atoms with E-state index in [1.807, 2.05) is 6.08 Å². The Morgan fingerprint density at radius 2 is 2.03 bits per heavy atom. The number of hydrogen-bond donors (Lipinski definition) is 2. The first-order valence-corrected chi connectivity index (χ1v) is 11.3. The van der Waals surface area contributed by atoms with E-state index in [-0.39, 0.29) is 18.9 Å². The van der Waals surface area contributed by atoms with Crippen molar-refractivity contribution in [2.45, 2.75) is 90.3 Å². The molecule has 2 N–H and O–H groups in total. The number of allylic oxidation sites excluding steroid dienone is 3. The molecule has 0 amide bonds. The number of esters is 1. The zero-order valence-corrected chi connectivity index (χ0v) is 18.3. The number of carbonyl (C=O) groups excluding carboxylic acids is 2. The van der Waals surface area contributed by atoms with Crippen molar-refractivity contribution in [1.82, 2.24) is 0 Å². The number of Topliss-reactive ketones (excluding diaryl/α,β-unsaturated/α-hetero) is 1. The lowest BCUT2D eigenvalue weighted by Gasteiger charge is -2.19. The van der Waals surface area contributed by atoms with E-state index in [2.05, 4.69) is 30.4 Å². The first kappa shape index (κ1) is 25.6. The summed E-state index contributed by atoms with van der Waals surface area (Å²) >= 11 is 0. The van der Waals surface area contributed by atoms with Gasteiger partial charge in [0.05, 0.1) is 6.61 Å². The Hall–Kier alpha value is -1.46. The quantitative estimate of drug-likeness (QED) is 0.177. The lowest BCUT2D eigenvalue weighted by Crippen LogP contribution is -2.39. The topological polar surface area (TPSA) is 83.8 Å². The Bertz CT molecular complexity index is 537. The van der Waals surface area contributed by atoms with Crippen LogP contribution >= 0.6 is 0 Å². The highest BCUT2D eigenvalue weighted by molar-refractivity contribution is 5.83. The highest BCUT2D eigenvalue weighted by Crippen LogP contribution is 2.34. The third-order valence-electron chi connectivity index (χ3n) is 5.88. The number of ketones is 1. The molecule has 0 saturated heterocycles. The van der Waals surface area contributed by atoms with Crippen LogP contribution in [0.2, 0.25) is 0 Å². The number of carbonyl (C=O) groups is 2. The zero-order chi connectivity index (χ0) is 21.7. The summed E-state index contributed by atoms with van der Waals surface area (Å²) < 4.78 is 4.66. The van der Waals surface area contributed by atoms with Crippen LogP contribution in [-0.2, 0) is 14.3 Å². The zero-order valence-electron chi connectivity index (χ0n) is 18.3. The van der Waals surface area contributed by atoms with E-state index < -0.39 is 11.8 Å². The molecule has 1 saturated carbocycles. The molecule has 1 aliphatic carbocycles. The molecular weight excluding hydrogens is 368 g/mol. The Balaban J connectivity index is 2.38. The maximum absolute atomic E-state index is 12.3. The number of unbranched alkanes of at least 4 members (excludes halogenated alkanes) is 3. The van der Waals surface area contributed by atoms with E-state index >= 15 is 0 Å². The van der Waals surface area contributed by atoms with Crippen LogP contribution in [0.25, 0.3) is 0 Å². The Kier molecular flexibility index (Phi) is 12.1. The van der Waals surface area contributed by atoms with Gasteiger partial charge in [-0.25, -0.2) is 4.79 Å². The van der Waals surface area contributed by atoms with Gasteiger partial charge in [-0.15, -0.1) is 6.58 Å². The molecular formula is C24H40O5. The standard InChI is InChI=1S/C24H40O5/c1-4-7-12-19(5-2)13-11-14-20-16-17-22(25)21(20)15-9-8-10-18-24(27,28)23(26)29-6-3/h5,11,14,19-21,27-28H,2,4,6-10,12-13,15-18H2,1,3H3/t19-,20+,21-/m1/s1. The third kappa shape index (κ3) is 9.26. The van der Waals surface area contributed by atoms with Crippen LogP contribution in [0.15, 0.2) is 24.8 Å². The Morgan fingerprint density at radius 1 is 1.28 bits per heavy atom. The van der Waals surface area contributed by atoms with Gasteiger partial charge in [-0.3, -0.25) is 4.79 Å². The van der Waals surface area contributed by atoms with Crippen molar-refractivity contribution in [2.75, 3.05) is 6.61 Å². The highest BCUT2D eigenvalue weighted by atomic mass is 16.6. The van der Waals surface area contributed by atoms with Gasteiger partial charge >= 0.3 is 5.97 Å². The van der Waals surface area contributed by atoms with Gasteiger partial charge in [0.15, 0.2) is 0 Å². The second kappa shape index (κ2) is 13.7. The Morgan fingerprint density at radius 3 is 2.69 bits per heavy atom. The van der Waals surface area contributed by atoms with Gasteiger partial charge in [0.1, 0.15) is 5.78 Å². The summed E-state index contributed by atoms with van der Waals surface area (Å²) in [5, 5.41) is 19.5. The third-order valence-corrected chi connectivity index (χ3v) is 5.88. The molecule has 3 atom stereocenters. The molecule has 1 fully saturated rings. The molecule has 5 heteroatoms. The number of rotatable bonds is 15. The maximum Gasteiger partial charge on any atom is 0.366 e. The van der Waals surface area contributed by atoms with Crippen LogP contribution in [0.1, 0.15) is 84.5 Å². The minimum atomic E-state index is -2.41. The molecule has 0 aromatic rings. The molecule has 0 radical (unpaired) electrons. The van der Waals surface area contributed by atoms with Gasteiger partial charge in [-0.2, -0.15) is 0 Å². The van der Waals surface area contributed by atoms with Crippen molar-refractivity contribution in [3.05, 3.63) is 24.8 Å². The molecule has 0 unspecified atom stereocenters. The van der Waals surface area contributed by atoms with Crippen LogP contribution in [0.5, 0.6) is 0 Å². The van der Waals surface area contributed by atoms with Crippen LogP contribution in [0.3, 0.4) is 0 Å². The fraction of sp³-hybridized carbons (Fsp3) is 0.750. The summed E-state index contributed by atoms with van der Waals surface area (Å²) in [6, 6.07) is 0. The molecule has 1 aliphatic rings. The summed E-state index contributed by atoms with van der Waals surface area (Å²) in [6.07, 6.45) is 15.5. The van der Waals surface area contributed by atoms with Gasteiger partial charge in [0.2, 0.25) is 0 Å². The lowest BCUT2D eigenvalue weighted by atomic mass is 9.88. The minimum absolute atomic E-state index is 0.0471. The largest absolute Gasteiger partial charge is 0.462 e. The molecule has 1 rings (SSSR count).